The first-order valence-corrected chi connectivity index (χ1v) is 8.23. The van der Waals surface area contributed by atoms with Crippen LogP contribution < -0.4 is 19.7 Å². The Morgan fingerprint density at radius 1 is 1.17 bits per heavy atom. The molecule has 4 rings (SSSR count). The summed E-state index contributed by atoms with van der Waals surface area (Å²) < 4.78 is 10.6. The Balaban J connectivity index is 1.45. The summed E-state index contributed by atoms with van der Waals surface area (Å²) in [5, 5.41) is 2.94. The second-order valence-electron chi connectivity index (χ2n) is 6.27. The topological polar surface area (TPSA) is 50.8 Å². The zero-order chi connectivity index (χ0) is 16.5. The van der Waals surface area contributed by atoms with Gasteiger partial charge >= 0.3 is 0 Å². The molecule has 0 bridgehead atoms. The third-order valence-electron chi connectivity index (χ3n) is 4.44. The van der Waals surface area contributed by atoms with Crippen molar-refractivity contribution in [2.45, 2.75) is 19.8 Å². The van der Waals surface area contributed by atoms with Crippen molar-refractivity contribution in [1.82, 2.24) is 0 Å². The molecule has 1 amide bonds. The van der Waals surface area contributed by atoms with E-state index in [0.29, 0.717) is 18.0 Å². The molecular formula is C19H20N2O3. The van der Waals surface area contributed by atoms with Gasteiger partial charge in [-0.15, -0.1) is 0 Å². The molecule has 2 aromatic rings. The summed E-state index contributed by atoms with van der Waals surface area (Å²) in [6.45, 7) is 3.59. The quantitative estimate of drug-likeness (QED) is 0.942. The molecule has 0 saturated carbocycles. The van der Waals surface area contributed by atoms with E-state index in [4.69, 9.17) is 9.47 Å². The highest BCUT2D eigenvalue weighted by atomic mass is 16.7. The number of carbonyl (C=O) groups excluding carboxylic acids is 1. The maximum Gasteiger partial charge on any atom is 0.243 e. The minimum absolute atomic E-state index is 0.0257. The fourth-order valence-corrected chi connectivity index (χ4v) is 3.32. The monoisotopic (exact) mass is 324 g/mol. The molecule has 0 aromatic heterocycles. The van der Waals surface area contributed by atoms with Gasteiger partial charge in [0.15, 0.2) is 11.5 Å². The van der Waals surface area contributed by atoms with Gasteiger partial charge in [0.25, 0.3) is 0 Å². The average molecular weight is 324 g/mol. The molecule has 0 fully saturated rings. The van der Waals surface area contributed by atoms with Crippen LogP contribution in [0.3, 0.4) is 0 Å². The lowest BCUT2D eigenvalue weighted by molar-refractivity contribution is -0.115. The summed E-state index contributed by atoms with van der Waals surface area (Å²) in [4.78, 5) is 14.6. The van der Waals surface area contributed by atoms with Gasteiger partial charge in [-0.2, -0.15) is 0 Å². The van der Waals surface area contributed by atoms with Crippen molar-refractivity contribution in [1.29, 1.82) is 0 Å². The molecule has 5 nitrogen and oxygen atoms in total. The molecule has 0 saturated heterocycles. The Labute approximate surface area is 141 Å². The van der Waals surface area contributed by atoms with Crippen molar-refractivity contribution < 1.29 is 14.3 Å². The van der Waals surface area contributed by atoms with Gasteiger partial charge in [-0.05, 0) is 43.5 Å². The number of anilines is 2. The fraction of sp³-hybridized carbons (Fsp3) is 0.316. The van der Waals surface area contributed by atoms with Crippen LogP contribution in [0, 0.1) is 6.92 Å². The van der Waals surface area contributed by atoms with Crippen molar-refractivity contribution in [3.63, 3.8) is 0 Å². The molecule has 124 valence electrons. The minimum atomic E-state index is -0.0257. The molecule has 0 atom stereocenters. The van der Waals surface area contributed by atoms with E-state index in [-0.39, 0.29) is 12.7 Å². The van der Waals surface area contributed by atoms with Crippen molar-refractivity contribution in [2.75, 3.05) is 30.1 Å². The van der Waals surface area contributed by atoms with Gasteiger partial charge in [-0.25, -0.2) is 0 Å². The number of fused-ring (bicyclic) bond motifs is 2. The lowest BCUT2D eigenvalue weighted by atomic mass is 9.99. The van der Waals surface area contributed by atoms with Crippen LogP contribution in [0.5, 0.6) is 11.5 Å². The van der Waals surface area contributed by atoms with E-state index in [2.05, 4.69) is 35.3 Å². The molecule has 2 heterocycles. The maximum absolute atomic E-state index is 12.4. The zero-order valence-electron chi connectivity index (χ0n) is 13.7. The third-order valence-corrected chi connectivity index (χ3v) is 4.44. The Morgan fingerprint density at radius 2 is 2.04 bits per heavy atom. The number of ether oxygens (including phenoxy) is 2. The summed E-state index contributed by atoms with van der Waals surface area (Å²) in [5.74, 6) is 1.36. The van der Waals surface area contributed by atoms with Crippen molar-refractivity contribution in [3.8, 4) is 11.5 Å². The van der Waals surface area contributed by atoms with Gasteiger partial charge in [-0.1, -0.05) is 17.7 Å². The molecule has 2 aliphatic heterocycles. The van der Waals surface area contributed by atoms with Crippen molar-refractivity contribution >= 4 is 17.3 Å². The predicted molar refractivity (Wildman–Crippen MR) is 92.9 cm³/mol. The first-order valence-electron chi connectivity index (χ1n) is 8.23. The van der Waals surface area contributed by atoms with E-state index in [1.165, 1.54) is 16.8 Å². The highest BCUT2D eigenvalue weighted by Gasteiger charge is 2.20. The normalized spacial score (nSPS) is 15.1. The second-order valence-corrected chi connectivity index (χ2v) is 6.27. The van der Waals surface area contributed by atoms with E-state index in [9.17, 15) is 4.79 Å². The Bertz CT molecular complexity index is 788. The number of carbonyl (C=O) groups is 1. The van der Waals surface area contributed by atoms with E-state index < -0.39 is 0 Å². The van der Waals surface area contributed by atoms with Crippen LogP contribution in [-0.2, 0) is 11.2 Å². The molecule has 2 aromatic carbocycles. The Hall–Kier alpha value is -2.69. The molecule has 24 heavy (non-hydrogen) atoms. The number of nitrogens with zero attached hydrogens (tertiary/aromatic N) is 1. The molecule has 0 unspecified atom stereocenters. The smallest absolute Gasteiger partial charge is 0.243 e. The molecular weight excluding hydrogens is 304 g/mol. The number of benzene rings is 2. The standard InChI is InChI=1S/C19H20N2O3/c1-13-4-6-16-14(9-13)3-2-8-21(16)11-19(22)20-15-5-7-17-18(10-15)24-12-23-17/h4-7,9-10H,2-3,8,11-12H2,1H3,(H,20,22). The van der Waals surface area contributed by atoms with Crippen LogP contribution in [0.1, 0.15) is 17.5 Å². The molecule has 1 N–H and O–H groups in total. The van der Waals surface area contributed by atoms with Crippen LogP contribution in [-0.4, -0.2) is 25.8 Å². The van der Waals surface area contributed by atoms with E-state index in [0.717, 1.165) is 25.1 Å². The Morgan fingerprint density at radius 3 is 2.96 bits per heavy atom. The first-order chi connectivity index (χ1) is 11.7. The largest absolute Gasteiger partial charge is 0.454 e. The highest BCUT2D eigenvalue weighted by molar-refractivity contribution is 5.94. The number of rotatable bonds is 3. The molecule has 5 heteroatoms. The summed E-state index contributed by atoms with van der Waals surface area (Å²) in [5.41, 5.74) is 4.50. The highest BCUT2D eigenvalue weighted by Crippen LogP contribution is 2.34. The lowest BCUT2D eigenvalue weighted by Crippen LogP contribution is -2.36. The summed E-state index contributed by atoms with van der Waals surface area (Å²) >= 11 is 0. The van der Waals surface area contributed by atoms with Crippen LogP contribution in [0.15, 0.2) is 36.4 Å². The number of hydrogen-bond acceptors (Lipinski definition) is 4. The molecule has 0 aliphatic carbocycles. The molecule has 0 spiro atoms. The van der Waals surface area contributed by atoms with Gasteiger partial charge in [0, 0.05) is 24.0 Å². The first kappa shape index (κ1) is 14.9. The van der Waals surface area contributed by atoms with Crippen molar-refractivity contribution in [2.24, 2.45) is 0 Å². The number of amides is 1. The Kier molecular flexibility index (Phi) is 3.76. The van der Waals surface area contributed by atoms with E-state index in [1.54, 1.807) is 6.07 Å². The number of nitrogens with one attached hydrogen (secondary N) is 1. The van der Waals surface area contributed by atoms with Crippen LogP contribution in [0.25, 0.3) is 0 Å². The van der Waals surface area contributed by atoms with Crippen molar-refractivity contribution in [3.05, 3.63) is 47.5 Å². The molecule has 0 radical (unpaired) electrons. The SMILES string of the molecule is Cc1ccc2c(c1)CCCN2CC(=O)Nc1ccc2c(c1)OCO2. The van der Waals surface area contributed by atoms with Gasteiger partial charge in [0.05, 0.1) is 6.54 Å². The van der Waals surface area contributed by atoms with E-state index in [1.807, 2.05) is 12.1 Å². The third kappa shape index (κ3) is 2.89. The number of hydrogen-bond donors (Lipinski definition) is 1. The average Bonchev–Trinajstić information content (AvgIpc) is 3.02. The lowest BCUT2D eigenvalue weighted by Gasteiger charge is -2.31. The maximum atomic E-state index is 12.4. The van der Waals surface area contributed by atoms with Crippen LogP contribution in [0.2, 0.25) is 0 Å². The summed E-state index contributed by atoms with van der Waals surface area (Å²) in [6, 6.07) is 11.9. The van der Waals surface area contributed by atoms with Crippen LogP contribution in [0.4, 0.5) is 11.4 Å². The summed E-state index contributed by atoms with van der Waals surface area (Å²) in [6.07, 6.45) is 2.16. The fourth-order valence-electron chi connectivity index (χ4n) is 3.32. The zero-order valence-corrected chi connectivity index (χ0v) is 13.7. The van der Waals surface area contributed by atoms with Gasteiger partial charge in [0.1, 0.15) is 0 Å². The van der Waals surface area contributed by atoms with Gasteiger partial charge in [0.2, 0.25) is 12.7 Å². The summed E-state index contributed by atoms with van der Waals surface area (Å²) in [7, 11) is 0. The van der Waals surface area contributed by atoms with Crippen LogP contribution >= 0.6 is 0 Å². The van der Waals surface area contributed by atoms with Gasteiger partial charge < -0.3 is 19.7 Å². The second kappa shape index (κ2) is 6.07. The molecule has 2 aliphatic rings. The predicted octanol–water partition coefficient (Wildman–Crippen LogP) is 3.12. The van der Waals surface area contributed by atoms with Gasteiger partial charge in [-0.3, -0.25) is 4.79 Å². The number of aryl methyl sites for hydroxylation is 2. The minimum Gasteiger partial charge on any atom is -0.454 e. The van der Waals surface area contributed by atoms with E-state index >= 15 is 0 Å².